The Kier molecular flexibility index (Phi) is 22.2. The van der Waals surface area contributed by atoms with Gasteiger partial charge in [0, 0.05) is 0 Å². The summed E-state index contributed by atoms with van der Waals surface area (Å²) in [5, 5.41) is 0. The van der Waals surface area contributed by atoms with Gasteiger partial charge in [-0.1, -0.05) is 18.9 Å². The topological polar surface area (TPSA) is 0 Å². The van der Waals surface area contributed by atoms with Gasteiger partial charge in [0.05, 0.1) is 0 Å². The fourth-order valence-electron chi connectivity index (χ4n) is 0.465. The summed E-state index contributed by atoms with van der Waals surface area (Å²) in [4.78, 5) is 0. The van der Waals surface area contributed by atoms with E-state index in [1.165, 1.54) is 29.2 Å². The Morgan fingerprint density at radius 1 is 1.44 bits per heavy atom. The van der Waals surface area contributed by atoms with Crippen molar-refractivity contribution in [3.8, 4) is 0 Å². The molecule has 0 nitrogen and oxygen atoms in total. The molecule has 0 unspecified atom stereocenters. The fraction of sp³-hybridized carbons (Fsp3) is 0.571. The predicted molar refractivity (Wildman–Crippen MR) is 42.9 cm³/mol. The van der Waals surface area contributed by atoms with E-state index in [9.17, 15) is 0 Å². The van der Waals surface area contributed by atoms with Gasteiger partial charge in [0.15, 0.2) is 0 Å². The van der Waals surface area contributed by atoms with Crippen LogP contribution in [0.1, 0.15) is 25.7 Å². The molecule has 0 saturated carbocycles. The first-order valence-electron chi connectivity index (χ1n) is 3.08. The van der Waals surface area contributed by atoms with Gasteiger partial charge in [0.25, 0.3) is 0 Å². The van der Waals surface area contributed by atoms with Gasteiger partial charge in [0.1, 0.15) is 0 Å². The Bertz CT molecular complexity index is 46.2. The van der Waals surface area contributed by atoms with Crippen molar-refractivity contribution in [1.82, 2.24) is 0 Å². The molecule has 0 spiro atoms. The van der Waals surface area contributed by atoms with Gasteiger partial charge in [-0.05, 0) is 6.42 Å². The Balaban J connectivity index is 0. The molecule has 0 saturated heterocycles. The Morgan fingerprint density at radius 3 is 2.33 bits per heavy atom. The molecular weight excluding hydrogens is 229 g/mol. The van der Waals surface area contributed by atoms with Crippen LogP contribution < -0.4 is 0 Å². The molecule has 0 rings (SSSR count). The molecule has 0 bridgehead atoms. The fourth-order valence-corrected chi connectivity index (χ4v) is 0.465. The third-order valence-corrected chi connectivity index (χ3v) is 0.908. The minimum absolute atomic E-state index is 1.06. The molecule has 0 N–H and O–H groups in total. The molecule has 0 aromatic carbocycles. The molecular formula is C7H13BrZn. The van der Waals surface area contributed by atoms with E-state index in [-0.39, 0.29) is 0 Å². The van der Waals surface area contributed by atoms with Crippen LogP contribution in [0, 0.1) is 6.92 Å². The Hall–Kier alpha value is 0.843. The van der Waals surface area contributed by atoms with Crippen molar-refractivity contribution < 1.29 is 16.3 Å². The number of allylic oxidation sites excluding steroid dienone is 1. The van der Waals surface area contributed by atoms with E-state index in [0.29, 0.717) is 0 Å². The second-order valence-corrected chi connectivity index (χ2v) is 1.64. The first kappa shape index (κ1) is 12.5. The second-order valence-electron chi connectivity index (χ2n) is 1.64. The normalized spacial score (nSPS) is 7.56. The quantitative estimate of drug-likeness (QED) is 0.307. The van der Waals surface area contributed by atoms with E-state index >= 15 is 0 Å². The third kappa shape index (κ3) is 17.7. The third-order valence-electron chi connectivity index (χ3n) is 0.908. The molecule has 50 valence electrons. The van der Waals surface area contributed by atoms with Crippen LogP contribution in [0.3, 0.4) is 0 Å². The first-order valence-corrected chi connectivity index (χ1v) is 10.0. The van der Waals surface area contributed by atoms with Gasteiger partial charge < -0.3 is 6.92 Å². The van der Waals surface area contributed by atoms with Crippen LogP contribution in [0.25, 0.3) is 0 Å². The van der Waals surface area contributed by atoms with Gasteiger partial charge in [0.2, 0.25) is 0 Å². The van der Waals surface area contributed by atoms with Crippen LogP contribution in [0.15, 0.2) is 12.7 Å². The summed E-state index contributed by atoms with van der Waals surface area (Å²) < 4.78 is 0. The number of unbranched alkanes of at least 4 members (excludes halogenated alkanes) is 3. The van der Waals surface area contributed by atoms with Crippen LogP contribution in [-0.2, 0) is 16.3 Å². The predicted octanol–water partition coefficient (Wildman–Crippen LogP) is 3.41. The summed E-state index contributed by atoms with van der Waals surface area (Å²) in [7, 11) is 0. The summed E-state index contributed by atoms with van der Waals surface area (Å²) >= 11 is 4.25. The zero-order valence-corrected chi connectivity index (χ0v) is 10.5. The maximum absolute atomic E-state index is 3.72. The molecule has 0 atom stereocenters. The Morgan fingerprint density at radius 2 is 2.00 bits per heavy atom. The SMILES string of the molecule is C=CCCCC[CH2-].[Zn+][Br]. The molecule has 0 aromatic rings. The molecule has 0 aromatic heterocycles. The van der Waals surface area contributed by atoms with Crippen LogP contribution >= 0.6 is 13.6 Å². The summed E-state index contributed by atoms with van der Waals surface area (Å²) in [6.45, 7) is 7.34. The van der Waals surface area contributed by atoms with Crippen molar-refractivity contribution in [3.63, 3.8) is 0 Å². The van der Waals surface area contributed by atoms with E-state index in [1.807, 2.05) is 6.08 Å². The van der Waals surface area contributed by atoms with E-state index in [1.54, 1.807) is 0 Å². The van der Waals surface area contributed by atoms with Crippen molar-refractivity contribution in [2.24, 2.45) is 0 Å². The van der Waals surface area contributed by atoms with Crippen LogP contribution in [0.2, 0.25) is 0 Å². The zero-order chi connectivity index (χ0) is 7.54. The van der Waals surface area contributed by atoms with Gasteiger partial charge in [-0.25, -0.2) is 0 Å². The van der Waals surface area contributed by atoms with Crippen molar-refractivity contribution in [3.05, 3.63) is 19.6 Å². The van der Waals surface area contributed by atoms with E-state index < -0.39 is 0 Å². The molecule has 9 heavy (non-hydrogen) atoms. The van der Waals surface area contributed by atoms with E-state index in [2.05, 4.69) is 27.1 Å². The van der Waals surface area contributed by atoms with E-state index in [4.69, 9.17) is 0 Å². The number of hydrogen-bond acceptors (Lipinski definition) is 0. The molecule has 2 heteroatoms. The van der Waals surface area contributed by atoms with Crippen molar-refractivity contribution in [2.45, 2.75) is 25.7 Å². The molecule has 0 amide bonds. The molecule has 0 fully saturated rings. The van der Waals surface area contributed by atoms with Crippen molar-refractivity contribution in [1.29, 1.82) is 0 Å². The average Bonchev–Trinajstić information content (AvgIpc) is 1.94. The summed E-state index contributed by atoms with van der Waals surface area (Å²) in [5.41, 5.74) is 0. The van der Waals surface area contributed by atoms with Crippen LogP contribution in [-0.4, -0.2) is 0 Å². The Labute approximate surface area is 75.1 Å². The van der Waals surface area contributed by atoms with Crippen molar-refractivity contribution in [2.75, 3.05) is 0 Å². The summed E-state index contributed by atoms with van der Waals surface area (Å²) in [6.07, 6.45) is 6.66. The van der Waals surface area contributed by atoms with Gasteiger partial charge in [-0.2, -0.15) is 6.42 Å². The zero-order valence-electron chi connectivity index (χ0n) is 5.91. The number of rotatable bonds is 4. The van der Waals surface area contributed by atoms with E-state index in [0.717, 1.165) is 12.8 Å². The first-order chi connectivity index (χ1) is 4.41. The summed E-state index contributed by atoms with van der Waals surface area (Å²) in [6, 6.07) is 0. The van der Waals surface area contributed by atoms with Gasteiger partial charge >= 0.3 is 30.0 Å². The van der Waals surface area contributed by atoms with Crippen LogP contribution in [0.5, 0.6) is 0 Å². The molecule has 0 aliphatic carbocycles. The second kappa shape index (κ2) is 15.9. The van der Waals surface area contributed by atoms with Crippen LogP contribution in [0.4, 0.5) is 0 Å². The summed E-state index contributed by atoms with van der Waals surface area (Å²) in [5.74, 6) is 0. The van der Waals surface area contributed by atoms with Crippen molar-refractivity contribution >= 4 is 13.6 Å². The minimum atomic E-state index is 1.06. The molecule has 0 aliphatic heterocycles. The monoisotopic (exact) mass is 240 g/mol. The molecule has 0 radical (unpaired) electrons. The average molecular weight is 242 g/mol. The number of hydrogen-bond donors (Lipinski definition) is 0. The van der Waals surface area contributed by atoms with Gasteiger partial charge in [-0.15, -0.1) is 6.58 Å². The standard InChI is InChI=1S/C7H13.BrH.Zn/c1-3-5-7-6-4-2;;/h3H,1-2,4-7H2;1H;/q-1;;+2/p-1. The molecule has 0 aliphatic rings. The molecule has 0 heterocycles. The number of halogens is 1. The maximum atomic E-state index is 3.72. The van der Waals surface area contributed by atoms with Gasteiger partial charge in [-0.3, -0.25) is 0 Å².